The predicted molar refractivity (Wildman–Crippen MR) is 77.9 cm³/mol. The lowest BCUT2D eigenvalue weighted by Crippen LogP contribution is -2.13. The van der Waals surface area contributed by atoms with Crippen molar-refractivity contribution in [3.05, 3.63) is 57.3 Å². The first-order valence-corrected chi connectivity index (χ1v) is 6.46. The molecule has 0 aliphatic rings. The van der Waals surface area contributed by atoms with Crippen molar-refractivity contribution in [2.24, 2.45) is 0 Å². The summed E-state index contributed by atoms with van der Waals surface area (Å²) < 4.78 is 13.6. The second-order valence-electron chi connectivity index (χ2n) is 3.79. The van der Waals surface area contributed by atoms with E-state index in [1.54, 1.807) is 18.2 Å². The van der Waals surface area contributed by atoms with Gasteiger partial charge in [-0.25, -0.2) is 4.39 Å². The summed E-state index contributed by atoms with van der Waals surface area (Å²) in [5.41, 5.74) is 6.15. The van der Waals surface area contributed by atoms with E-state index in [0.717, 1.165) is 6.07 Å². The summed E-state index contributed by atoms with van der Waals surface area (Å²) in [6.07, 6.45) is 0. The fourth-order valence-electron chi connectivity index (χ4n) is 1.48. The standard InChI is InChI=1S/C13H9BrClFN2O/c14-12-8(15)2-1-3-11(12)18-13(19)7-4-5-9(16)10(17)6-7/h1-6H,17H2,(H,18,19). The van der Waals surface area contributed by atoms with Gasteiger partial charge in [0, 0.05) is 5.56 Å². The summed E-state index contributed by atoms with van der Waals surface area (Å²) in [5.74, 6) is -0.949. The number of carbonyl (C=O) groups is 1. The zero-order valence-electron chi connectivity index (χ0n) is 9.58. The molecule has 0 aromatic heterocycles. The Balaban J connectivity index is 2.26. The molecule has 0 aliphatic heterocycles. The molecule has 0 spiro atoms. The van der Waals surface area contributed by atoms with E-state index in [0.29, 0.717) is 15.2 Å². The second-order valence-corrected chi connectivity index (χ2v) is 4.99. The number of nitrogen functional groups attached to an aromatic ring is 1. The van der Waals surface area contributed by atoms with Crippen molar-refractivity contribution in [3.63, 3.8) is 0 Å². The zero-order valence-corrected chi connectivity index (χ0v) is 11.9. The Morgan fingerprint density at radius 1 is 1.32 bits per heavy atom. The highest BCUT2D eigenvalue weighted by atomic mass is 79.9. The summed E-state index contributed by atoms with van der Waals surface area (Å²) in [7, 11) is 0. The van der Waals surface area contributed by atoms with Crippen LogP contribution in [0.4, 0.5) is 15.8 Å². The van der Waals surface area contributed by atoms with Crippen LogP contribution in [0.15, 0.2) is 40.9 Å². The molecule has 0 fully saturated rings. The van der Waals surface area contributed by atoms with Gasteiger partial charge in [0.1, 0.15) is 5.82 Å². The number of benzene rings is 2. The van der Waals surface area contributed by atoms with Crippen molar-refractivity contribution in [3.8, 4) is 0 Å². The fourth-order valence-corrected chi connectivity index (χ4v) is 2.02. The van der Waals surface area contributed by atoms with Crippen molar-refractivity contribution in [2.75, 3.05) is 11.1 Å². The summed E-state index contributed by atoms with van der Waals surface area (Å²) in [6.45, 7) is 0. The normalized spacial score (nSPS) is 10.3. The molecule has 0 bridgehead atoms. The van der Waals surface area contributed by atoms with Crippen LogP contribution in [-0.4, -0.2) is 5.91 Å². The van der Waals surface area contributed by atoms with Crippen LogP contribution in [0.5, 0.6) is 0 Å². The van der Waals surface area contributed by atoms with Crippen LogP contribution >= 0.6 is 27.5 Å². The molecule has 0 saturated carbocycles. The van der Waals surface area contributed by atoms with E-state index in [1.807, 2.05) is 0 Å². The minimum atomic E-state index is -0.555. The van der Waals surface area contributed by atoms with Crippen LogP contribution in [0.25, 0.3) is 0 Å². The summed E-state index contributed by atoms with van der Waals surface area (Å²) in [6, 6.07) is 8.89. The van der Waals surface area contributed by atoms with Gasteiger partial charge < -0.3 is 11.1 Å². The van der Waals surface area contributed by atoms with E-state index < -0.39 is 11.7 Å². The van der Waals surface area contributed by atoms with Gasteiger partial charge in [0.15, 0.2) is 0 Å². The van der Waals surface area contributed by atoms with Gasteiger partial charge in [0.05, 0.1) is 20.9 Å². The van der Waals surface area contributed by atoms with E-state index in [-0.39, 0.29) is 11.3 Å². The minimum Gasteiger partial charge on any atom is -0.396 e. The molecule has 0 saturated heterocycles. The molecule has 3 N–H and O–H groups in total. The lowest BCUT2D eigenvalue weighted by Gasteiger charge is -2.09. The number of halogens is 3. The zero-order chi connectivity index (χ0) is 14.0. The highest BCUT2D eigenvalue weighted by Gasteiger charge is 2.11. The molecule has 6 heteroatoms. The number of nitrogens with two attached hydrogens (primary N) is 1. The molecule has 2 aromatic carbocycles. The molecular formula is C13H9BrClFN2O. The van der Waals surface area contributed by atoms with E-state index in [1.165, 1.54) is 12.1 Å². The molecule has 0 heterocycles. The third-order valence-corrected chi connectivity index (χ3v) is 3.86. The highest BCUT2D eigenvalue weighted by molar-refractivity contribution is 9.10. The topological polar surface area (TPSA) is 55.1 Å². The van der Waals surface area contributed by atoms with Crippen molar-refractivity contribution >= 4 is 44.8 Å². The first-order chi connectivity index (χ1) is 8.99. The predicted octanol–water partition coefficient (Wildman–Crippen LogP) is 4.08. The van der Waals surface area contributed by atoms with Gasteiger partial charge in [-0.3, -0.25) is 4.79 Å². The number of anilines is 2. The second kappa shape index (κ2) is 5.59. The molecule has 0 atom stereocenters. The molecule has 19 heavy (non-hydrogen) atoms. The molecule has 2 rings (SSSR count). The third kappa shape index (κ3) is 3.05. The number of rotatable bonds is 2. The number of hydrogen-bond donors (Lipinski definition) is 2. The van der Waals surface area contributed by atoms with Gasteiger partial charge >= 0.3 is 0 Å². The highest BCUT2D eigenvalue weighted by Crippen LogP contribution is 2.30. The third-order valence-electron chi connectivity index (χ3n) is 2.46. The Labute approximate surface area is 122 Å². The molecule has 98 valence electrons. The van der Waals surface area contributed by atoms with Gasteiger partial charge in [-0.1, -0.05) is 17.7 Å². The van der Waals surface area contributed by atoms with Gasteiger partial charge in [-0.2, -0.15) is 0 Å². The van der Waals surface area contributed by atoms with Crippen molar-refractivity contribution < 1.29 is 9.18 Å². The van der Waals surface area contributed by atoms with Gasteiger partial charge in [-0.15, -0.1) is 0 Å². The maximum absolute atomic E-state index is 13.0. The molecule has 0 unspecified atom stereocenters. The quantitative estimate of drug-likeness (QED) is 0.807. The largest absolute Gasteiger partial charge is 0.396 e. The maximum atomic E-state index is 13.0. The van der Waals surface area contributed by atoms with Crippen molar-refractivity contribution in [1.82, 2.24) is 0 Å². The molecule has 2 aromatic rings. The average molecular weight is 344 g/mol. The Morgan fingerprint density at radius 3 is 2.74 bits per heavy atom. The van der Waals surface area contributed by atoms with Gasteiger partial charge in [-0.05, 0) is 46.3 Å². The van der Waals surface area contributed by atoms with Gasteiger partial charge in [0.25, 0.3) is 5.91 Å². The maximum Gasteiger partial charge on any atom is 0.255 e. The molecule has 0 radical (unpaired) electrons. The Morgan fingerprint density at radius 2 is 2.05 bits per heavy atom. The van der Waals surface area contributed by atoms with Crippen LogP contribution in [-0.2, 0) is 0 Å². The van der Waals surface area contributed by atoms with Crippen LogP contribution < -0.4 is 11.1 Å². The smallest absolute Gasteiger partial charge is 0.255 e. The molecule has 3 nitrogen and oxygen atoms in total. The van der Waals surface area contributed by atoms with E-state index in [4.69, 9.17) is 17.3 Å². The minimum absolute atomic E-state index is 0.0715. The van der Waals surface area contributed by atoms with Crippen LogP contribution in [0, 0.1) is 5.82 Å². The Hall–Kier alpha value is -1.59. The number of amides is 1. The van der Waals surface area contributed by atoms with E-state index in [2.05, 4.69) is 21.2 Å². The first kappa shape index (κ1) is 13.8. The average Bonchev–Trinajstić information content (AvgIpc) is 2.38. The van der Waals surface area contributed by atoms with Crippen molar-refractivity contribution in [1.29, 1.82) is 0 Å². The molecule has 1 amide bonds. The lowest BCUT2D eigenvalue weighted by atomic mass is 10.2. The molecular weight excluding hydrogens is 335 g/mol. The summed E-state index contributed by atoms with van der Waals surface area (Å²) in [5, 5.41) is 3.15. The monoisotopic (exact) mass is 342 g/mol. The van der Waals surface area contributed by atoms with Crippen molar-refractivity contribution in [2.45, 2.75) is 0 Å². The van der Waals surface area contributed by atoms with Crippen LogP contribution in [0.2, 0.25) is 5.02 Å². The number of carbonyl (C=O) groups excluding carboxylic acids is 1. The number of nitrogens with one attached hydrogen (secondary N) is 1. The number of hydrogen-bond acceptors (Lipinski definition) is 2. The van der Waals surface area contributed by atoms with E-state index in [9.17, 15) is 9.18 Å². The fraction of sp³-hybridized carbons (Fsp3) is 0. The summed E-state index contributed by atoms with van der Waals surface area (Å²) >= 11 is 9.20. The molecule has 0 aliphatic carbocycles. The summed E-state index contributed by atoms with van der Waals surface area (Å²) in [4.78, 5) is 12.0. The van der Waals surface area contributed by atoms with Crippen LogP contribution in [0.3, 0.4) is 0 Å². The van der Waals surface area contributed by atoms with E-state index >= 15 is 0 Å². The SMILES string of the molecule is Nc1cc(C(=O)Nc2cccc(Cl)c2Br)ccc1F. The Bertz CT molecular complexity index is 649. The van der Waals surface area contributed by atoms with Gasteiger partial charge in [0.2, 0.25) is 0 Å². The lowest BCUT2D eigenvalue weighted by molar-refractivity contribution is 0.102. The Kier molecular flexibility index (Phi) is 4.07. The first-order valence-electron chi connectivity index (χ1n) is 5.29. The van der Waals surface area contributed by atoms with Crippen LogP contribution in [0.1, 0.15) is 10.4 Å².